The molecule has 0 amide bonds. The standard InChI is InChI=1S/C8H8ClF2NO/c1-13-7-3-5(10)4(8(9)12)2-6(7)11/h2-3,8H,12H2,1H3. The zero-order valence-corrected chi connectivity index (χ0v) is 7.61. The van der Waals surface area contributed by atoms with Crippen LogP contribution in [0.1, 0.15) is 11.1 Å². The molecule has 1 atom stereocenters. The van der Waals surface area contributed by atoms with Gasteiger partial charge in [-0.15, -0.1) is 11.6 Å². The SMILES string of the molecule is COc1cc(F)c(C(N)Cl)cc1F. The Morgan fingerprint density at radius 1 is 1.38 bits per heavy atom. The summed E-state index contributed by atoms with van der Waals surface area (Å²) in [6.07, 6.45) is 0. The first-order valence-electron chi connectivity index (χ1n) is 3.49. The average Bonchev–Trinajstić information content (AvgIpc) is 2.07. The predicted molar refractivity (Wildman–Crippen MR) is 45.7 cm³/mol. The predicted octanol–water partition coefficient (Wildman–Crippen LogP) is 2.17. The van der Waals surface area contributed by atoms with Crippen molar-refractivity contribution in [1.29, 1.82) is 0 Å². The Labute approximate surface area is 79.2 Å². The molecule has 0 aliphatic heterocycles. The smallest absolute Gasteiger partial charge is 0.165 e. The maximum Gasteiger partial charge on any atom is 0.165 e. The number of methoxy groups -OCH3 is 1. The van der Waals surface area contributed by atoms with E-state index >= 15 is 0 Å². The number of ether oxygens (including phenoxy) is 1. The summed E-state index contributed by atoms with van der Waals surface area (Å²) in [5, 5.41) is 0. The minimum atomic E-state index is -1.06. The molecule has 1 rings (SSSR count). The molecule has 0 radical (unpaired) electrons. The maximum atomic E-state index is 13.1. The van der Waals surface area contributed by atoms with Gasteiger partial charge in [-0.25, -0.2) is 8.78 Å². The van der Waals surface area contributed by atoms with Crippen LogP contribution in [0.5, 0.6) is 5.75 Å². The van der Waals surface area contributed by atoms with Crippen LogP contribution in [0.3, 0.4) is 0 Å². The van der Waals surface area contributed by atoms with E-state index in [0.29, 0.717) is 0 Å². The van der Waals surface area contributed by atoms with Gasteiger partial charge in [0.1, 0.15) is 11.3 Å². The Morgan fingerprint density at radius 3 is 2.46 bits per heavy atom. The number of alkyl halides is 1. The van der Waals surface area contributed by atoms with E-state index in [4.69, 9.17) is 17.3 Å². The van der Waals surface area contributed by atoms with Crippen molar-refractivity contribution in [1.82, 2.24) is 0 Å². The molecule has 1 unspecified atom stereocenters. The number of hydrogen-bond acceptors (Lipinski definition) is 2. The monoisotopic (exact) mass is 207 g/mol. The van der Waals surface area contributed by atoms with Crippen molar-refractivity contribution in [2.45, 2.75) is 5.50 Å². The molecular formula is C8H8ClF2NO. The van der Waals surface area contributed by atoms with Gasteiger partial charge in [0, 0.05) is 11.6 Å². The Balaban J connectivity index is 3.20. The molecule has 0 fully saturated rings. The van der Waals surface area contributed by atoms with Crippen molar-refractivity contribution >= 4 is 11.6 Å². The fourth-order valence-electron chi connectivity index (χ4n) is 0.912. The quantitative estimate of drug-likeness (QED) is 0.596. The summed E-state index contributed by atoms with van der Waals surface area (Å²) < 4.78 is 30.6. The second-order valence-corrected chi connectivity index (χ2v) is 2.88. The lowest BCUT2D eigenvalue weighted by Gasteiger charge is -2.08. The van der Waals surface area contributed by atoms with Crippen molar-refractivity contribution in [3.05, 3.63) is 29.3 Å². The summed E-state index contributed by atoms with van der Waals surface area (Å²) in [4.78, 5) is 0. The molecule has 0 spiro atoms. The van der Waals surface area contributed by atoms with Gasteiger partial charge in [-0.1, -0.05) is 0 Å². The highest BCUT2D eigenvalue weighted by molar-refractivity contribution is 6.20. The topological polar surface area (TPSA) is 35.2 Å². The third-order valence-corrected chi connectivity index (χ3v) is 1.80. The Bertz CT molecular complexity index is 317. The lowest BCUT2D eigenvalue weighted by atomic mass is 10.2. The van der Waals surface area contributed by atoms with Crippen LogP contribution in [0.2, 0.25) is 0 Å². The summed E-state index contributed by atoms with van der Waals surface area (Å²) in [6.45, 7) is 0. The normalized spacial score (nSPS) is 12.7. The van der Waals surface area contributed by atoms with Gasteiger partial charge in [0.05, 0.1) is 7.11 Å². The molecule has 0 aromatic heterocycles. The van der Waals surface area contributed by atoms with Crippen molar-refractivity contribution in [3.63, 3.8) is 0 Å². The zero-order chi connectivity index (χ0) is 10.0. The molecule has 0 saturated carbocycles. The van der Waals surface area contributed by atoms with Crippen LogP contribution in [-0.4, -0.2) is 7.11 Å². The van der Waals surface area contributed by atoms with Gasteiger partial charge in [-0.3, -0.25) is 0 Å². The van der Waals surface area contributed by atoms with E-state index in [1.807, 2.05) is 0 Å². The maximum absolute atomic E-state index is 13.1. The molecule has 2 N–H and O–H groups in total. The summed E-state index contributed by atoms with van der Waals surface area (Å²) in [7, 11) is 1.25. The first kappa shape index (κ1) is 10.2. The molecule has 0 aliphatic rings. The van der Waals surface area contributed by atoms with E-state index in [-0.39, 0.29) is 11.3 Å². The molecule has 0 aliphatic carbocycles. The van der Waals surface area contributed by atoms with Gasteiger partial charge in [0.2, 0.25) is 0 Å². The zero-order valence-electron chi connectivity index (χ0n) is 6.85. The number of hydrogen-bond donors (Lipinski definition) is 1. The second-order valence-electron chi connectivity index (χ2n) is 2.41. The fourth-order valence-corrected chi connectivity index (χ4v) is 1.08. The van der Waals surface area contributed by atoms with Gasteiger partial charge >= 0.3 is 0 Å². The third-order valence-electron chi connectivity index (χ3n) is 1.57. The molecule has 5 heteroatoms. The Hall–Kier alpha value is -0.870. The summed E-state index contributed by atoms with van der Waals surface area (Å²) in [5.74, 6) is -1.53. The van der Waals surface area contributed by atoms with Crippen molar-refractivity contribution < 1.29 is 13.5 Å². The van der Waals surface area contributed by atoms with E-state index < -0.39 is 17.1 Å². The van der Waals surface area contributed by atoms with Gasteiger partial charge in [-0.05, 0) is 6.07 Å². The van der Waals surface area contributed by atoms with Crippen LogP contribution in [0, 0.1) is 11.6 Å². The number of halogens is 3. The van der Waals surface area contributed by atoms with Gasteiger partial charge in [0.25, 0.3) is 0 Å². The molecule has 1 aromatic carbocycles. The van der Waals surface area contributed by atoms with Crippen molar-refractivity contribution in [2.75, 3.05) is 7.11 Å². The van der Waals surface area contributed by atoms with E-state index in [1.54, 1.807) is 0 Å². The average molecular weight is 208 g/mol. The van der Waals surface area contributed by atoms with Crippen LogP contribution >= 0.6 is 11.6 Å². The molecule has 2 nitrogen and oxygen atoms in total. The second kappa shape index (κ2) is 3.89. The largest absolute Gasteiger partial charge is 0.494 e. The Kier molecular flexibility index (Phi) is 3.06. The van der Waals surface area contributed by atoms with E-state index in [2.05, 4.69) is 4.74 Å². The lowest BCUT2D eigenvalue weighted by Crippen LogP contribution is -2.06. The summed E-state index contributed by atoms with van der Waals surface area (Å²) in [6, 6.07) is 1.83. The fraction of sp³-hybridized carbons (Fsp3) is 0.250. The van der Waals surface area contributed by atoms with Crippen LogP contribution in [0.15, 0.2) is 12.1 Å². The first-order valence-corrected chi connectivity index (χ1v) is 3.92. The highest BCUT2D eigenvalue weighted by atomic mass is 35.5. The third kappa shape index (κ3) is 2.08. The minimum absolute atomic E-state index is 0.0834. The van der Waals surface area contributed by atoms with Gasteiger partial charge < -0.3 is 10.5 Å². The number of rotatable bonds is 2. The van der Waals surface area contributed by atoms with Gasteiger partial charge in [-0.2, -0.15) is 0 Å². The first-order chi connectivity index (χ1) is 6.06. The van der Waals surface area contributed by atoms with Crippen LogP contribution in [0.25, 0.3) is 0 Å². The molecule has 0 heterocycles. The Morgan fingerprint density at radius 2 is 2.00 bits per heavy atom. The molecular weight excluding hydrogens is 200 g/mol. The minimum Gasteiger partial charge on any atom is -0.494 e. The van der Waals surface area contributed by atoms with Crippen LogP contribution in [0.4, 0.5) is 8.78 Å². The molecule has 0 saturated heterocycles. The van der Waals surface area contributed by atoms with E-state index in [1.165, 1.54) is 7.11 Å². The molecule has 13 heavy (non-hydrogen) atoms. The summed E-state index contributed by atoms with van der Waals surface area (Å²) in [5.41, 5.74) is 4.05. The molecule has 1 aromatic rings. The lowest BCUT2D eigenvalue weighted by molar-refractivity contribution is 0.381. The van der Waals surface area contributed by atoms with Gasteiger partial charge in [0.15, 0.2) is 11.6 Å². The highest BCUT2D eigenvalue weighted by Crippen LogP contribution is 2.25. The number of nitrogens with two attached hydrogens (primary N) is 1. The summed E-state index contributed by atoms with van der Waals surface area (Å²) >= 11 is 5.41. The van der Waals surface area contributed by atoms with Crippen LogP contribution < -0.4 is 10.5 Å². The van der Waals surface area contributed by atoms with E-state index in [0.717, 1.165) is 12.1 Å². The van der Waals surface area contributed by atoms with Crippen LogP contribution in [-0.2, 0) is 0 Å². The van der Waals surface area contributed by atoms with Crippen molar-refractivity contribution in [3.8, 4) is 5.75 Å². The molecule has 0 bridgehead atoms. The van der Waals surface area contributed by atoms with E-state index in [9.17, 15) is 8.78 Å². The molecule has 72 valence electrons. The highest BCUT2D eigenvalue weighted by Gasteiger charge is 2.13. The van der Waals surface area contributed by atoms with Crippen molar-refractivity contribution in [2.24, 2.45) is 5.73 Å². The number of benzene rings is 1.